The Bertz CT molecular complexity index is 1140. The van der Waals surface area contributed by atoms with Crippen LogP contribution >= 0.6 is 0 Å². The number of aliphatic hydroxyl groups excluding tert-OH is 2. The Morgan fingerprint density at radius 1 is 0.469 bits per heavy atom. The zero-order chi connectivity index (χ0) is 46.7. The molecule has 3 atom stereocenters. The first kappa shape index (κ1) is 61.6. The van der Waals surface area contributed by atoms with Crippen molar-refractivity contribution in [2.24, 2.45) is 0 Å². The average Bonchev–Trinajstić information content (AvgIpc) is 3.29. The van der Waals surface area contributed by atoms with Crippen molar-refractivity contribution in [3.8, 4) is 0 Å². The van der Waals surface area contributed by atoms with Gasteiger partial charge in [-0.2, -0.15) is 0 Å². The van der Waals surface area contributed by atoms with Gasteiger partial charge in [0.15, 0.2) is 0 Å². The van der Waals surface area contributed by atoms with Gasteiger partial charge < -0.3 is 20.3 Å². The maximum absolute atomic E-state index is 13.2. The predicted molar refractivity (Wildman–Crippen MR) is 278 cm³/mol. The van der Waals surface area contributed by atoms with E-state index in [2.05, 4.69) is 38.2 Å². The van der Waals surface area contributed by atoms with Crippen molar-refractivity contribution < 1.29 is 24.5 Å². The summed E-state index contributed by atoms with van der Waals surface area (Å²) < 4.78 is 5.91. The summed E-state index contributed by atoms with van der Waals surface area (Å²) in [4.78, 5) is 26.2. The summed E-state index contributed by atoms with van der Waals surface area (Å²) in [5.41, 5.74) is 0. The normalized spacial score (nSPS) is 13.6. The first-order valence-corrected chi connectivity index (χ1v) is 27.6. The van der Waals surface area contributed by atoms with Gasteiger partial charge in [-0.3, -0.25) is 9.59 Å². The molecular formula is C58H105NO5. The maximum Gasteiger partial charge on any atom is 0.306 e. The van der Waals surface area contributed by atoms with E-state index in [0.717, 1.165) is 57.8 Å². The van der Waals surface area contributed by atoms with E-state index < -0.39 is 18.2 Å². The molecular weight excluding hydrogens is 791 g/mol. The van der Waals surface area contributed by atoms with Gasteiger partial charge in [0.1, 0.15) is 6.10 Å². The van der Waals surface area contributed by atoms with Crippen LogP contribution in [-0.4, -0.2) is 46.9 Å². The highest BCUT2D eigenvalue weighted by atomic mass is 16.5. The Balaban J connectivity index is 4.58. The summed E-state index contributed by atoms with van der Waals surface area (Å²) in [5.74, 6) is -0.538. The number of esters is 1. The first-order valence-electron chi connectivity index (χ1n) is 27.6. The van der Waals surface area contributed by atoms with Gasteiger partial charge in [0.25, 0.3) is 0 Å². The number of carbonyl (C=O) groups is 2. The lowest BCUT2D eigenvalue weighted by atomic mass is 10.0. The number of amides is 1. The van der Waals surface area contributed by atoms with Crippen LogP contribution in [0.3, 0.4) is 0 Å². The molecule has 0 rings (SSSR count). The van der Waals surface area contributed by atoms with Crippen LogP contribution in [0.15, 0.2) is 60.8 Å². The summed E-state index contributed by atoms with van der Waals surface area (Å²) in [6.07, 6.45) is 64.4. The molecule has 0 saturated heterocycles. The topological polar surface area (TPSA) is 95.9 Å². The van der Waals surface area contributed by atoms with Crippen molar-refractivity contribution in [2.45, 2.75) is 289 Å². The molecule has 64 heavy (non-hydrogen) atoms. The van der Waals surface area contributed by atoms with Crippen molar-refractivity contribution >= 4 is 11.9 Å². The van der Waals surface area contributed by atoms with Crippen molar-refractivity contribution in [2.75, 3.05) is 6.61 Å². The highest BCUT2D eigenvalue weighted by Crippen LogP contribution is 2.18. The Kier molecular flexibility index (Phi) is 49.6. The molecule has 6 nitrogen and oxygen atoms in total. The third kappa shape index (κ3) is 46.1. The fourth-order valence-corrected chi connectivity index (χ4v) is 8.34. The van der Waals surface area contributed by atoms with Crippen LogP contribution in [0.5, 0.6) is 0 Å². The molecule has 0 fully saturated rings. The molecule has 0 bridgehead atoms. The van der Waals surface area contributed by atoms with Gasteiger partial charge in [-0.15, -0.1) is 0 Å². The van der Waals surface area contributed by atoms with Crippen molar-refractivity contribution in [1.82, 2.24) is 5.32 Å². The third-order valence-corrected chi connectivity index (χ3v) is 12.5. The molecule has 0 aromatic carbocycles. The quantitative estimate of drug-likeness (QED) is 0.0321. The van der Waals surface area contributed by atoms with Crippen LogP contribution in [-0.2, 0) is 14.3 Å². The zero-order valence-corrected chi connectivity index (χ0v) is 42.4. The maximum atomic E-state index is 13.2. The van der Waals surface area contributed by atoms with Gasteiger partial charge in [0, 0.05) is 6.42 Å². The lowest BCUT2D eigenvalue weighted by Crippen LogP contribution is -2.46. The molecule has 0 heterocycles. The Morgan fingerprint density at radius 3 is 1.25 bits per heavy atom. The minimum Gasteiger partial charge on any atom is -0.462 e. The number of nitrogens with one attached hydrogen (secondary N) is 1. The van der Waals surface area contributed by atoms with Gasteiger partial charge in [0.05, 0.1) is 25.2 Å². The van der Waals surface area contributed by atoms with Crippen LogP contribution in [0.4, 0.5) is 0 Å². The van der Waals surface area contributed by atoms with Crippen molar-refractivity contribution in [3.63, 3.8) is 0 Å². The summed E-state index contributed by atoms with van der Waals surface area (Å²) in [7, 11) is 0. The van der Waals surface area contributed by atoms with Crippen molar-refractivity contribution in [1.29, 1.82) is 0 Å². The number of unbranched alkanes of at least 4 members (excludes halogenated alkanes) is 31. The first-order chi connectivity index (χ1) is 31.5. The van der Waals surface area contributed by atoms with Crippen LogP contribution < -0.4 is 5.32 Å². The molecule has 0 aliphatic heterocycles. The highest BCUT2D eigenvalue weighted by Gasteiger charge is 2.24. The summed E-state index contributed by atoms with van der Waals surface area (Å²) in [5, 5.41) is 23.8. The fraction of sp³-hybridized carbons (Fsp3) is 0.793. The molecule has 6 heteroatoms. The molecule has 1 amide bonds. The number of ether oxygens (including phenoxy) is 1. The molecule has 0 radical (unpaired) electrons. The molecule has 0 spiro atoms. The smallest absolute Gasteiger partial charge is 0.306 e. The number of carbonyl (C=O) groups excluding carboxylic acids is 2. The minimum absolute atomic E-state index is 0.0301. The SMILES string of the molecule is CC/C=C/C=C/C=C\C=C/C=C/CCCC(CC(=O)NC(CO)C(O)CCCCCCCCCCCCCCCCCCC)OC(=O)CCCCCCCCCCCCCCCCC. The second kappa shape index (κ2) is 51.5. The standard InChI is InChI=1S/C58H105NO5/c1-4-7-10-13-16-19-22-25-27-28-30-32-35-38-41-44-47-50-56(61)55(53-60)59-57(62)52-54(49-46-43-40-37-34-31-24-21-18-15-12-9-6-3)64-58(63)51-48-45-42-39-36-33-29-26-23-20-17-14-11-8-5-2/h9,12,15,18,21,24,31,34,37,40,54-56,60-61H,4-8,10-11,13-14,16-17,19-20,22-23,25-30,32-33,35-36,38-39,41-53H2,1-3H3,(H,59,62)/b12-9+,18-15+,24-21-,34-31-,40-37+. The molecule has 0 saturated carbocycles. The van der Waals surface area contributed by atoms with Gasteiger partial charge in [-0.05, 0) is 38.5 Å². The Hall–Kier alpha value is -2.44. The monoisotopic (exact) mass is 896 g/mol. The summed E-state index contributed by atoms with van der Waals surface area (Å²) in [6.45, 7) is 6.34. The van der Waals surface area contributed by atoms with Gasteiger partial charge in [-0.25, -0.2) is 0 Å². The summed E-state index contributed by atoms with van der Waals surface area (Å²) in [6, 6.07) is -0.725. The van der Waals surface area contributed by atoms with E-state index in [0.29, 0.717) is 19.3 Å². The van der Waals surface area contributed by atoms with Crippen molar-refractivity contribution in [3.05, 3.63) is 60.8 Å². The number of allylic oxidation sites excluding steroid dienone is 10. The molecule has 0 aromatic rings. The van der Waals surface area contributed by atoms with Crippen LogP contribution in [0, 0.1) is 0 Å². The van der Waals surface area contributed by atoms with E-state index in [-0.39, 0.29) is 24.9 Å². The summed E-state index contributed by atoms with van der Waals surface area (Å²) >= 11 is 0. The molecule has 0 aliphatic rings. The Labute approximate surface area is 397 Å². The fourth-order valence-electron chi connectivity index (χ4n) is 8.34. The lowest BCUT2D eigenvalue weighted by molar-refractivity contribution is -0.151. The Morgan fingerprint density at radius 2 is 0.844 bits per heavy atom. The van der Waals surface area contributed by atoms with Gasteiger partial charge in [-0.1, -0.05) is 281 Å². The predicted octanol–water partition coefficient (Wildman–Crippen LogP) is 16.8. The lowest BCUT2D eigenvalue weighted by Gasteiger charge is -2.24. The second-order valence-corrected chi connectivity index (χ2v) is 18.7. The average molecular weight is 896 g/mol. The van der Waals surface area contributed by atoms with E-state index in [1.807, 2.05) is 48.6 Å². The number of aliphatic hydroxyl groups is 2. The number of hydrogen-bond acceptors (Lipinski definition) is 5. The number of hydrogen-bond donors (Lipinski definition) is 3. The van der Waals surface area contributed by atoms with Crippen LogP contribution in [0.1, 0.15) is 271 Å². The number of rotatable bonds is 49. The molecule has 3 N–H and O–H groups in total. The molecule has 372 valence electrons. The third-order valence-electron chi connectivity index (χ3n) is 12.5. The van der Waals surface area contributed by atoms with Gasteiger partial charge in [0.2, 0.25) is 5.91 Å². The van der Waals surface area contributed by atoms with E-state index in [9.17, 15) is 19.8 Å². The van der Waals surface area contributed by atoms with Crippen LogP contribution in [0.25, 0.3) is 0 Å². The molecule has 3 unspecified atom stereocenters. The zero-order valence-electron chi connectivity index (χ0n) is 42.4. The van der Waals surface area contributed by atoms with E-state index in [4.69, 9.17) is 4.74 Å². The van der Waals surface area contributed by atoms with E-state index in [1.54, 1.807) is 0 Å². The molecule has 0 aromatic heterocycles. The van der Waals surface area contributed by atoms with Crippen LogP contribution in [0.2, 0.25) is 0 Å². The van der Waals surface area contributed by atoms with E-state index in [1.165, 1.54) is 167 Å². The highest BCUT2D eigenvalue weighted by molar-refractivity contribution is 5.77. The van der Waals surface area contributed by atoms with Gasteiger partial charge >= 0.3 is 5.97 Å². The largest absolute Gasteiger partial charge is 0.462 e. The minimum atomic E-state index is -0.807. The van der Waals surface area contributed by atoms with E-state index >= 15 is 0 Å². The molecule has 0 aliphatic carbocycles. The second-order valence-electron chi connectivity index (χ2n) is 18.7.